The summed E-state index contributed by atoms with van der Waals surface area (Å²) >= 11 is 0. The zero-order valence-corrected chi connectivity index (χ0v) is 23.2. The van der Waals surface area contributed by atoms with E-state index in [9.17, 15) is 14.7 Å². The van der Waals surface area contributed by atoms with Crippen molar-refractivity contribution in [3.05, 3.63) is 35.4 Å². The molecule has 0 aliphatic rings. The molecule has 0 spiro atoms. The van der Waals surface area contributed by atoms with Crippen molar-refractivity contribution in [3.8, 4) is 5.75 Å². The monoisotopic (exact) mass is 525 g/mol. The van der Waals surface area contributed by atoms with E-state index in [1.54, 1.807) is 19.3 Å². The van der Waals surface area contributed by atoms with E-state index in [-0.39, 0.29) is 0 Å². The lowest BCUT2D eigenvalue weighted by atomic mass is 10.0. The second-order valence-corrected chi connectivity index (χ2v) is 10.8. The molecule has 10 heteroatoms. The van der Waals surface area contributed by atoms with Crippen LogP contribution in [0.15, 0.2) is 29.8 Å². The van der Waals surface area contributed by atoms with Crippen LogP contribution in [0.1, 0.15) is 64.9 Å². The van der Waals surface area contributed by atoms with Gasteiger partial charge in [-0.2, -0.15) is 0 Å². The molecule has 0 heterocycles. The van der Waals surface area contributed by atoms with Crippen LogP contribution in [0.5, 0.6) is 5.75 Å². The smallest absolute Gasteiger partial charge is 0.497 e. The molecule has 1 amide bonds. The molecule has 0 aliphatic heterocycles. The number of methoxy groups -OCH3 is 1. The highest BCUT2D eigenvalue weighted by molar-refractivity contribution is 6.60. The van der Waals surface area contributed by atoms with Crippen LogP contribution in [0.3, 0.4) is 0 Å². The van der Waals surface area contributed by atoms with E-state index in [1.165, 1.54) is 0 Å². The SMILES string of the molecule is CCO[Si](CCCNC(=O)OCCCCCC/C(=C\c1cccc(OC)c1)C(=O)O)(OCC)OCC. The predicted octanol–water partition coefficient (Wildman–Crippen LogP) is 5.28. The summed E-state index contributed by atoms with van der Waals surface area (Å²) in [5.41, 5.74) is 1.16. The summed E-state index contributed by atoms with van der Waals surface area (Å²) in [5, 5.41) is 12.2. The number of benzene rings is 1. The van der Waals surface area contributed by atoms with Crippen molar-refractivity contribution in [2.75, 3.05) is 40.1 Å². The fraction of sp³-hybridized carbons (Fsp3) is 0.615. The van der Waals surface area contributed by atoms with Gasteiger partial charge in [0.15, 0.2) is 0 Å². The van der Waals surface area contributed by atoms with Crippen LogP contribution in [0.4, 0.5) is 4.79 Å². The third-order valence-corrected chi connectivity index (χ3v) is 8.46. The minimum Gasteiger partial charge on any atom is -0.497 e. The molecule has 0 unspecified atom stereocenters. The van der Waals surface area contributed by atoms with Crippen molar-refractivity contribution in [1.29, 1.82) is 0 Å². The molecule has 204 valence electrons. The highest BCUT2D eigenvalue weighted by Crippen LogP contribution is 2.19. The standard InChI is InChI=1S/C26H43NO8Si/c1-5-33-36(34-6-2,35-7-3)19-13-17-27-26(30)32-18-11-9-8-10-15-23(25(28)29)20-22-14-12-16-24(21-22)31-4/h12,14,16,20-21H,5-11,13,15,17-19H2,1-4H3,(H,27,30)(H,28,29)/b23-20+. The number of amides is 1. The van der Waals surface area contributed by atoms with Gasteiger partial charge in [-0.15, -0.1) is 0 Å². The Kier molecular flexibility index (Phi) is 16.5. The van der Waals surface area contributed by atoms with E-state index in [1.807, 2.05) is 39.0 Å². The van der Waals surface area contributed by atoms with Gasteiger partial charge in [0.2, 0.25) is 0 Å². The topological polar surface area (TPSA) is 113 Å². The summed E-state index contributed by atoms with van der Waals surface area (Å²) in [6.45, 7) is 8.11. The summed E-state index contributed by atoms with van der Waals surface area (Å²) in [4.78, 5) is 23.5. The van der Waals surface area contributed by atoms with Crippen LogP contribution in [-0.2, 0) is 22.8 Å². The van der Waals surface area contributed by atoms with Gasteiger partial charge in [0.05, 0.1) is 13.7 Å². The third-order valence-electron chi connectivity index (χ3n) is 5.30. The van der Waals surface area contributed by atoms with Gasteiger partial charge in [-0.05, 0) is 70.2 Å². The molecule has 0 saturated carbocycles. The van der Waals surface area contributed by atoms with Crippen LogP contribution in [-0.4, -0.2) is 66.1 Å². The molecule has 1 aromatic carbocycles. The molecule has 2 N–H and O–H groups in total. The van der Waals surface area contributed by atoms with Crippen molar-refractivity contribution >= 4 is 26.9 Å². The van der Waals surface area contributed by atoms with Gasteiger partial charge in [-0.1, -0.05) is 25.0 Å². The first-order valence-electron chi connectivity index (χ1n) is 12.8. The van der Waals surface area contributed by atoms with Gasteiger partial charge >= 0.3 is 20.9 Å². The predicted molar refractivity (Wildman–Crippen MR) is 141 cm³/mol. The Morgan fingerprint density at radius 2 is 1.64 bits per heavy atom. The number of ether oxygens (including phenoxy) is 2. The lowest BCUT2D eigenvalue weighted by Crippen LogP contribution is -2.46. The fourth-order valence-corrected chi connectivity index (χ4v) is 6.27. The molecule has 0 bridgehead atoms. The Balaban J connectivity index is 2.24. The first-order chi connectivity index (χ1) is 17.4. The minimum atomic E-state index is -2.69. The third kappa shape index (κ3) is 13.1. The molecule has 0 radical (unpaired) electrons. The maximum atomic E-state index is 11.9. The van der Waals surface area contributed by atoms with Gasteiger partial charge < -0.3 is 33.2 Å². The van der Waals surface area contributed by atoms with Crippen molar-refractivity contribution < 1.29 is 37.4 Å². The number of aliphatic carboxylic acids is 1. The Morgan fingerprint density at radius 1 is 0.972 bits per heavy atom. The van der Waals surface area contributed by atoms with Crippen LogP contribution in [0.2, 0.25) is 6.04 Å². The number of nitrogens with one attached hydrogen (secondary N) is 1. The van der Waals surface area contributed by atoms with E-state index in [0.29, 0.717) is 63.2 Å². The number of hydrogen-bond donors (Lipinski definition) is 2. The van der Waals surface area contributed by atoms with E-state index in [2.05, 4.69) is 5.32 Å². The fourth-order valence-electron chi connectivity index (χ4n) is 3.66. The lowest BCUT2D eigenvalue weighted by molar-refractivity contribution is -0.132. The zero-order valence-electron chi connectivity index (χ0n) is 22.2. The summed E-state index contributed by atoms with van der Waals surface area (Å²) in [6.07, 6.45) is 5.57. The van der Waals surface area contributed by atoms with Crippen LogP contribution < -0.4 is 10.1 Å². The number of alkyl carbamates (subject to hydrolysis) is 1. The summed E-state index contributed by atoms with van der Waals surface area (Å²) < 4.78 is 27.8. The van der Waals surface area contributed by atoms with Crippen molar-refractivity contribution in [3.63, 3.8) is 0 Å². The number of unbranched alkanes of at least 4 members (excludes halogenated alkanes) is 3. The van der Waals surface area contributed by atoms with Crippen LogP contribution in [0, 0.1) is 0 Å². The molecule has 36 heavy (non-hydrogen) atoms. The average molecular weight is 526 g/mol. The molecular formula is C26H43NO8Si. The largest absolute Gasteiger partial charge is 0.500 e. The number of carboxylic acid groups (broad SMARTS) is 1. The van der Waals surface area contributed by atoms with Gasteiger partial charge in [0.25, 0.3) is 0 Å². The van der Waals surface area contributed by atoms with Crippen molar-refractivity contribution in [1.82, 2.24) is 5.32 Å². The van der Waals surface area contributed by atoms with Crippen LogP contribution >= 0.6 is 0 Å². The Morgan fingerprint density at radius 3 is 2.25 bits per heavy atom. The maximum Gasteiger partial charge on any atom is 0.500 e. The minimum absolute atomic E-state index is 0.326. The Hall–Kier alpha value is -2.40. The van der Waals surface area contributed by atoms with E-state index >= 15 is 0 Å². The highest BCUT2D eigenvalue weighted by atomic mass is 28.4. The molecule has 0 atom stereocenters. The van der Waals surface area contributed by atoms with Crippen molar-refractivity contribution in [2.45, 2.75) is 65.3 Å². The van der Waals surface area contributed by atoms with E-state index < -0.39 is 20.9 Å². The second kappa shape index (κ2) is 18.8. The van der Waals surface area contributed by atoms with Crippen molar-refractivity contribution in [2.24, 2.45) is 0 Å². The number of carbonyl (C=O) groups excluding carboxylic acids is 1. The van der Waals surface area contributed by atoms with E-state index in [0.717, 1.165) is 31.2 Å². The van der Waals surface area contributed by atoms with Gasteiger partial charge in [0.1, 0.15) is 5.75 Å². The highest BCUT2D eigenvalue weighted by Gasteiger charge is 2.39. The number of rotatable bonds is 20. The van der Waals surface area contributed by atoms with Gasteiger partial charge in [-0.3, -0.25) is 0 Å². The molecule has 0 saturated heterocycles. The molecule has 1 rings (SSSR count). The molecular weight excluding hydrogens is 482 g/mol. The number of carbonyl (C=O) groups is 2. The average Bonchev–Trinajstić information content (AvgIpc) is 2.86. The quantitative estimate of drug-likeness (QED) is 0.134. The molecule has 9 nitrogen and oxygen atoms in total. The normalized spacial score (nSPS) is 11.8. The zero-order chi connectivity index (χ0) is 26.7. The Labute approximate surface area is 216 Å². The maximum absolute atomic E-state index is 11.9. The number of carboxylic acids is 1. The first-order valence-corrected chi connectivity index (χ1v) is 14.7. The van der Waals surface area contributed by atoms with Crippen LogP contribution in [0.25, 0.3) is 6.08 Å². The molecule has 0 fully saturated rings. The molecule has 0 aromatic heterocycles. The Bertz CT molecular complexity index is 785. The summed E-state index contributed by atoms with van der Waals surface area (Å²) in [5.74, 6) is -0.226. The molecule has 0 aliphatic carbocycles. The second-order valence-electron chi connectivity index (χ2n) is 8.06. The summed E-state index contributed by atoms with van der Waals surface area (Å²) in [6, 6.07) is 7.94. The van der Waals surface area contributed by atoms with E-state index in [4.69, 9.17) is 22.8 Å². The van der Waals surface area contributed by atoms with Gasteiger partial charge in [-0.25, -0.2) is 9.59 Å². The summed E-state index contributed by atoms with van der Waals surface area (Å²) in [7, 11) is -1.11. The van der Waals surface area contributed by atoms with Gasteiger partial charge in [0, 0.05) is 38.0 Å². The lowest BCUT2D eigenvalue weighted by Gasteiger charge is -2.28. The number of hydrogen-bond acceptors (Lipinski definition) is 7. The molecule has 1 aromatic rings. The first kappa shape index (κ1) is 31.6.